The molecule has 0 aliphatic carbocycles. The number of likely N-dealkylation sites (tertiary alicyclic amines) is 1. The van der Waals surface area contributed by atoms with E-state index in [9.17, 15) is 4.79 Å². The molecule has 2 aliphatic rings. The average molecular weight is 340 g/mol. The molecule has 0 spiro atoms. The molecule has 1 saturated heterocycles. The van der Waals surface area contributed by atoms with E-state index in [1.165, 1.54) is 11.3 Å². The molecule has 2 aliphatic heterocycles. The van der Waals surface area contributed by atoms with Crippen molar-refractivity contribution in [2.45, 2.75) is 32.0 Å². The minimum absolute atomic E-state index is 0.0532. The number of carbonyl (C=O) groups is 1. The van der Waals surface area contributed by atoms with Crippen LogP contribution in [0.5, 0.6) is 0 Å². The summed E-state index contributed by atoms with van der Waals surface area (Å²) in [6.45, 7) is 4.98. The van der Waals surface area contributed by atoms with Gasteiger partial charge in [-0.2, -0.15) is 5.10 Å². The molecule has 1 atom stereocenters. The van der Waals surface area contributed by atoms with Gasteiger partial charge in [0.1, 0.15) is 0 Å². The molecule has 2 aromatic rings. The molecule has 0 aromatic carbocycles. The molecule has 2 aromatic heterocycles. The van der Waals surface area contributed by atoms with Gasteiger partial charge in [0, 0.05) is 57.9 Å². The Morgan fingerprint density at radius 1 is 1.16 bits per heavy atom. The van der Waals surface area contributed by atoms with E-state index in [-0.39, 0.29) is 12.1 Å². The molecule has 25 heavy (non-hydrogen) atoms. The number of urea groups is 1. The summed E-state index contributed by atoms with van der Waals surface area (Å²) in [6, 6.07) is 6.38. The summed E-state index contributed by atoms with van der Waals surface area (Å²) in [5.41, 5.74) is 2.45. The Balaban J connectivity index is 1.41. The lowest BCUT2D eigenvalue weighted by atomic mass is 10.1. The first-order valence-corrected chi connectivity index (χ1v) is 8.96. The molecule has 0 unspecified atom stereocenters. The third-order valence-electron chi connectivity index (χ3n) is 4.99. The number of nitrogens with zero attached hydrogens (tertiary/aromatic N) is 5. The van der Waals surface area contributed by atoms with Gasteiger partial charge < -0.3 is 10.2 Å². The number of fused-ring (bicyclic) bond motifs is 1. The minimum Gasteiger partial charge on any atom is -0.336 e. The van der Waals surface area contributed by atoms with Crippen molar-refractivity contribution >= 4 is 6.03 Å². The zero-order chi connectivity index (χ0) is 17.1. The van der Waals surface area contributed by atoms with E-state index in [2.05, 4.69) is 43.2 Å². The van der Waals surface area contributed by atoms with Crippen molar-refractivity contribution in [3.8, 4) is 0 Å². The molecule has 4 rings (SSSR count). The number of nitrogens with one attached hydrogen (secondary N) is 1. The van der Waals surface area contributed by atoms with Gasteiger partial charge in [-0.05, 0) is 36.6 Å². The second-order valence-corrected chi connectivity index (χ2v) is 6.83. The lowest BCUT2D eigenvalue weighted by molar-refractivity contribution is 0.161. The van der Waals surface area contributed by atoms with Gasteiger partial charge in [0.05, 0.1) is 11.7 Å². The van der Waals surface area contributed by atoms with Crippen LogP contribution in [0, 0.1) is 0 Å². The van der Waals surface area contributed by atoms with Gasteiger partial charge in [0.15, 0.2) is 0 Å². The molecule has 132 valence electrons. The minimum atomic E-state index is 0.0532. The summed E-state index contributed by atoms with van der Waals surface area (Å²) < 4.78 is 2.06. The van der Waals surface area contributed by atoms with Crippen molar-refractivity contribution in [2.75, 3.05) is 26.2 Å². The van der Waals surface area contributed by atoms with Gasteiger partial charge >= 0.3 is 6.03 Å². The van der Waals surface area contributed by atoms with Crippen molar-refractivity contribution in [1.82, 2.24) is 29.9 Å². The number of pyridine rings is 1. The van der Waals surface area contributed by atoms with Gasteiger partial charge in [-0.15, -0.1) is 0 Å². The van der Waals surface area contributed by atoms with Crippen molar-refractivity contribution < 1.29 is 4.79 Å². The molecule has 0 saturated carbocycles. The number of hydrogen-bond donors (Lipinski definition) is 1. The maximum Gasteiger partial charge on any atom is 0.317 e. The fourth-order valence-electron chi connectivity index (χ4n) is 3.72. The van der Waals surface area contributed by atoms with Crippen molar-refractivity contribution in [1.29, 1.82) is 0 Å². The number of hydrogen-bond acceptors (Lipinski definition) is 4. The van der Waals surface area contributed by atoms with Crippen molar-refractivity contribution in [3.63, 3.8) is 0 Å². The standard InChI is InChI=1S/C18H24N6O/c25-18(23-9-1-2-10-23)20-11-17-14-22(12-15-3-6-19-7-4-15)13-16-5-8-21-24(16)17/h3-8,17H,1-2,9-14H2,(H,20,25)/t17-/m0/s1. The van der Waals surface area contributed by atoms with Gasteiger partial charge in [-0.25, -0.2) is 4.79 Å². The van der Waals surface area contributed by atoms with Crippen LogP contribution < -0.4 is 5.32 Å². The summed E-state index contributed by atoms with van der Waals surface area (Å²) in [5.74, 6) is 0. The van der Waals surface area contributed by atoms with E-state index in [1.54, 1.807) is 0 Å². The Hall–Kier alpha value is -2.41. The third kappa shape index (κ3) is 3.66. The summed E-state index contributed by atoms with van der Waals surface area (Å²) in [7, 11) is 0. The van der Waals surface area contributed by atoms with Crippen LogP contribution in [0.25, 0.3) is 0 Å². The summed E-state index contributed by atoms with van der Waals surface area (Å²) in [6.07, 6.45) is 7.73. The second-order valence-electron chi connectivity index (χ2n) is 6.83. The lowest BCUT2D eigenvalue weighted by Gasteiger charge is -2.34. The normalized spacial score (nSPS) is 20.5. The monoisotopic (exact) mass is 340 g/mol. The van der Waals surface area contributed by atoms with Crippen LogP contribution in [0.4, 0.5) is 4.79 Å². The quantitative estimate of drug-likeness (QED) is 0.919. The van der Waals surface area contributed by atoms with E-state index in [4.69, 9.17) is 0 Å². The number of carbonyl (C=O) groups excluding carboxylic acids is 1. The van der Waals surface area contributed by atoms with Crippen LogP contribution >= 0.6 is 0 Å². The maximum absolute atomic E-state index is 12.3. The Morgan fingerprint density at radius 3 is 2.76 bits per heavy atom. The first kappa shape index (κ1) is 16.1. The highest BCUT2D eigenvalue weighted by Crippen LogP contribution is 2.21. The lowest BCUT2D eigenvalue weighted by Crippen LogP contribution is -2.45. The molecule has 7 nitrogen and oxygen atoms in total. The Bertz CT molecular complexity index is 709. The third-order valence-corrected chi connectivity index (χ3v) is 4.99. The smallest absolute Gasteiger partial charge is 0.317 e. The largest absolute Gasteiger partial charge is 0.336 e. The fourth-order valence-corrected chi connectivity index (χ4v) is 3.72. The molecule has 1 N–H and O–H groups in total. The second kappa shape index (κ2) is 7.23. The zero-order valence-corrected chi connectivity index (χ0v) is 14.3. The first-order chi connectivity index (χ1) is 12.3. The van der Waals surface area contributed by atoms with E-state index < -0.39 is 0 Å². The molecule has 0 bridgehead atoms. The van der Waals surface area contributed by atoms with E-state index in [0.717, 1.165) is 45.6 Å². The molecule has 0 radical (unpaired) electrons. The van der Waals surface area contributed by atoms with Gasteiger partial charge in [-0.3, -0.25) is 14.6 Å². The van der Waals surface area contributed by atoms with Crippen LogP contribution in [-0.4, -0.2) is 56.8 Å². The van der Waals surface area contributed by atoms with Gasteiger partial charge in [0.2, 0.25) is 0 Å². The fraction of sp³-hybridized carbons (Fsp3) is 0.500. The van der Waals surface area contributed by atoms with Crippen LogP contribution in [-0.2, 0) is 13.1 Å². The first-order valence-electron chi connectivity index (χ1n) is 8.96. The average Bonchev–Trinajstić information content (AvgIpc) is 3.32. The Labute approximate surface area is 147 Å². The molecular weight excluding hydrogens is 316 g/mol. The molecular formula is C18H24N6O. The topological polar surface area (TPSA) is 66.3 Å². The predicted octanol–water partition coefficient (Wildman–Crippen LogP) is 1.64. The zero-order valence-electron chi connectivity index (χ0n) is 14.3. The summed E-state index contributed by atoms with van der Waals surface area (Å²) >= 11 is 0. The maximum atomic E-state index is 12.3. The van der Waals surface area contributed by atoms with Gasteiger partial charge in [0.25, 0.3) is 0 Å². The van der Waals surface area contributed by atoms with Gasteiger partial charge in [-0.1, -0.05) is 0 Å². The van der Waals surface area contributed by atoms with Crippen LogP contribution in [0.1, 0.15) is 30.1 Å². The highest BCUT2D eigenvalue weighted by atomic mass is 16.2. The van der Waals surface area contributed by atoms with E-state index in [1.807, 2.05) is 23.5 Å². The van der Waals surface area contributed by atoms with Crippen LogP contribution in [0.15, 0.2) is 36.8 Å². The van der Waals surface area contributed by atoms with Crippen molar-refractivity contribution in [2.24, 2.45) is 0 Å². The number of rotatable bonds is 4. The summed E-state index contributed by atoms with van der Waals surface area (Å²) in [4.78, 5) is 20.7. The molecule has 7 heteroatoms. The molecule has 4 heterocycles. The SMILES string of the molecule is O=C(NC[C@H]1CN(Cc2ccncc2)Cc2ccnn21)N1CCCC1. The Kier molecular flexibility index (Phi) is 4.65. The van der Waals surface area contributed by atoms with E-state index >= 15 is 0 Å². The highest BCUT2D eigenvalue weighted by Gasteiger charge is 2.27. The Morgan fingerprint density at radius 2 is 1.96 bits per heavy atom. The number of amides is 2. The predicted molar refractivity (Wildman–Crippen MR) is 93.8 cm³/mol. The molecule has 2 amide bonds. The van der Waals surface area contributed by atoms with E-state index in [0.29, 0.717) is 6.54 Å². The molecule has 1 fully saturated rings. The number of aromatic nitrogens is 3. The van der Waals surface area contributed by atoms with Crippen LogP contribution in [0.3, 0.4) is 0 Å². The van der Waals surface area contributed by atoms with Crippen LogP contribution in [0.2, 0.25) is 0 Å². The highest BCUT2D eigenvalue weighted by molar-refractivity contribution is 5.74. The van der Waals surface area contributed by atoms with Crippen molar-refractivity contribution in [3.05, 3.63) is 48.0 Å². The summed E-state index contributed by atoms with van der Waals surface area (Å²) in [5, 5.41) is 7.57.